The van der Waals surface area contributed by atoms with E-state index in [4.69, 9.17) is 4.74 Å². The smallest absolute Gasteiger partial charge is 0.128 e. The van der Waals surface area contributed by atoms with Gasteiger partial charge in [-0.2, -0.15) is 0 Å². The van der Waals surface area contributed by atoms with Gasteiger partial charge in [-0.15, -0.1) is 0 Å². The Kier molecular flexibility index (Phi) is 3.62. The van der Waals surface area contributed by atoms with Crippen LogP contribution in [0.3, 0.4) is 0 Å². The summed E-state index contributed by atoms with van der Waals surface area (Å²) in [4.78, 5) is 0. The van der Waals surface area contributed by atoms with Crippen LogP contribution in [0.2, 0.25) is 0 Å². The highest BCUT2D eigenvalue weighted by Gasteiger charge is 2.69. The van der Waals surface area contributed by atoms with Crippen LogP contribution < -0.4 is 0 Å². The van der Waals surface area contributed by atoms with Crippen molar-refractivity contribution in [2.75, 3.05) is 0 Å². The number of rotatable bonds is 5. The molecule has 0 radical (unpaired) electrons. The molecule has 0 aliphatic carbocycles. The molecule has 0 N–H and O–H groups in total. The molecule has 2 atom stereocenters. The second-order valence-electron chi connectivity index (χ2n) is 5.84. The van der Waals surface area contributed by atoms with Crippen LogP contribution in [0.1, 0.15) is 50.3 Å². The van der Waals surface area contributed by atoms with Crippen molar-refractivity contribution in [3.8, 4) is 0 Å². The Morgan fingerprint density at radius 3 is 2.00 bits per heavy atom. The lowest BCUT2D eigenvalue weighted by Gasteiger charge is -2.21. The van der Waals surface area contributed by atoms with E-state index in [0.29, 0.717) is 0 Å². The number of ether oxygens (including phenoxy) is 1. The van der Waals surface area contributed by atoms with Gasteiger partial charge in [0.2, 0.25) is 0 Å². The monoisotopic (exact) mass is 280 g/mol. The lowest BCUT2D eigenvalue weighted by atomic mass is 9.76. The van der Waals surface area contributed by atoms with E-state index in [1.54, 1.807) is 0 Å². The van der Waals surface area contributed by atoms with E-state index in [1.165, 1.54) is 16.7 Å². The van der Waals surface area contributed by atoms with Crippen molar-refractivity contribution >= 4 is 0 Å². The van der Waals surface area contributed by atoms with Gasteiger partial charge in [0, 0.05) is 0 Å². The summed E-state index contributed by atoms with van der Waals surface area (Å²) in [6.45, 7) is 6.70. The van der Waals surface area contributed by atoms with Crippen LogP contribution in [0.25, 0.3) is 0 Å². The Bertz CT molecular complexity index is 619. The number of hydrogen-bond donors (Lipinski definition) is 0. The van der Waals surface area contributed by atoms with Crippen LogP contribution in [0.4, 0.5) is 0 Å². The highest BCUT2D eigenvalue weighted by molar-refractivity contribution is 5.45. The van der Waals surface area contributed by atoms with Gasteiger partial charge in [-0.1, -0.05) is 75.4 Å². The lowest BCUT2D eigenvalue weighted by Crippen LogP contribution is -2.22. The fraction of sp³-hybridized carbons (Fsp3) is 0.400. The third kappa shape index (κ3) is 1.95. The largest absolute Gasteiger partial charge is 0.352 e. The number of hydrogen-bond acceptors (Lipinski definition) is 1. The molecule has 0 bridgehead atoms. The fourth-order valence-electron chi connectivity index (χ4n) is 3.88. The number of epoxide rings is 1. The van der Waals surface area contributed by atoms with Crippen LogP contribution >= 0.6 is 0 Å². The molecule has 1 nitrogen and oxygen atoms in total. The average molecular weight is 280 g/mol. The molecule has 1 aliphatic rings. The fourth-order valence-corrected chi connectivity index (χ4v) is 3.88. The Morgan fingerprint density at radius 1 is 0.762 bits per heavy atom. The van der Waals surface area contributed by atoms with Crippen molar-refractivity contribution in [3.63, 3.8) is 0 Å². The Balaban J connectivity index is 2.12. The van der Waals surface area contributed by atoms with E-state index in [2.05, 4.69) is 75.4 Å². The average Bonchev–Trinajstić information content (AvgIpc) is 3.26. The van der Waals surface area contributed by atoms with Crippen molar-refractivity contribution in [2.45, 2.75) is 51.2 Å². The van der Waals surface area contributed by atoms with Crippen LogP contribution in [-0.4, -0.2) is 0 Å². The quantitative estimate of drug-likeness (QED) is 0.687. The molecule has 3 rings (SSSR count). The first kappa shape index (κ1) is 14.3. The predicted octanol–water partition coefficient (Wildman–Crippen LogP) is 5.19. The van der Waals surface area contributed by atoms with Crippen molar-refractivity contribution < 1.29 is 4.74 Å². The predicted molar refractivity (Wildman–Crippen MR) is 87.3 cm³/mol. The molecule has 2 aromatic rings. The van der Waals surface area contributed by atoms with E-state index in [1.807, 2.05) is 0 Å². The summed E-state index contributed by atoms with van der Waals surface area (Å²) in [7, 11) is 0. The van der Waals surface area contributed by atoms with Gasteiger partial charge < -0.3 is 4.74 Å². The summed E-state index contributed by atoms with van der Waals surface area (Å²) in [5, 5.41) is 0. The van der Waals surface area contributed by atoms with Gasteiger partial charge in [-0.05, 0) is 36.0 Å². The van der Waals surface area contributed by atoms with Crippen molar-refractivity contribution in [1.29, 1.82) is 0 Å². The van der Waals surface area contributed by atoms with E-state index in [0.717, 1.165) is 19.3 Å². The van der Waals surface area contributed by atoms with Gasteiger partial charge in [0.1, 0.15) is 11.2 Å². The minimum atomic E-state index is -0.158. The summed E-state index contributed by atoms with van der Waals surface area (Å²) < 4.78 is 6.51. The third-order valence-electron chi connectivity index (χ3n) is 5.03. The zero-order valence-electron chi connectivity index (χ0n) is 13.2. The number of aryl methyl sites for hydroxylation is 1. The second kappa shape index (κ2) is 5.31. The molecule has 1 heteroatoms. The second-order valence-corrected chi connectivity index (χ2v) is 5.84. The summed E-state index contributed by atoms with van der Waals surface area (Å²) in [6, 6.07) is 19.5. The first-order valence-electron chi connectivity index (χ1n) is 8.08. The van der Waals surface area contributed by atoms with E-state index in [-0.39, 0.29) is 11.2 Å². The normalized spacial score (nSPS) is 27.6. The van der Waals surface area contributed by atoms with E-state index < -0.39 is 0 Å². The van der Waals surface area contributed by atoms with Gasteiger partial charge >= 0.3 is 0 Å². The van der Waals surface area contributed by atoms with Crippen LogP contribution in [0.15, 0.2) is 54.6 Å². The molecule has 110 valence electrons. The maximum Gasteiger partial charge on any atom is 0.128 e. The molecule has 1 heterocycles. The molecule has 2 aromatic carbocycles. The molecule has 21 heavy (non-hydrogen) atoms. The molecular weight excluding hydrogens is 256 g/mol. The maximum atomic E-state index is 6.51. The molecule has 0 amide bonds. The first-order valence-corrected chi connectivity index (χ1v) is 8.08. The van der Waals surface area contributed by atoms with Crippen molar-refractivity contribution in [1.82, 2.24) is 0 Å². The van der Waals surface area contributed by atoms with Gasteiger partial charge in [-0.3, -0.25) is 0 Å². The lowest BCUT2D eigenvalue weighted by molar-refractivity contribution is 0.255. The minimum absolute atomic E-state index is 0.157. The van der Waals surface area contributed by atoms with Crippen LogP contribution in [-0.2, 0) is 22.4 Å². The summed E-state index contributed by atoms with van der Waals surface area (Å²) in [5.41, 5.74) is 3.77. The molecular formula is C20H24O. The molecule has 1 saturated heterocycles. The Hall–Kier alpha value is -1.60. The van der Waals surface area contributed by atoms with Gasteiger partial charge in [0.25, 0.3) is 0 Å². The van der Waals surface area contributed by atoms with Gasteiger partial charge in [0.05, 0.1) is 0 Å². The SMILES string of the molecule is CCc1ccccc1C1(CC)OC1(CC)c1ccccc1. The number of benzene rings is 2. The molecule has 2 unspecified atom stereocenters. The van der Waals surface area contributed by atoms with Gasteiger partial charge in [0.15, 0.2) is 0 Å². The van der Waals surface area contributed by atoms with Gasteiger partial charge in [-0.25, -0.2) is 0 Å². The highest BCUT2D eigenvalue weighted by atomic mass is 16.6. The van der Waals surface area contributed by atoms with Crippen molar-refractivity contribution in [2.24, 2.45) is 0 Å². The minimum Gasteiger partial charge on any atom is -0.352 e. The van der Waals surface area contributed by atoms with E-state index >= 15 is 0 Å². The Labute approximate surface area is 128 Å². The maximum absolute atomic E-state index is 6.51. The summed E-state index contributed by atoms with van der Waals surface area (Å²) in [5.74, 6) is 0. The summed E-state index contributed by atoms with van der Waals surface area (Å²) in [6.07, 6.45) is 3.06. The summed E-state index contributed by atoms with van der Waals surface area (Å²) >= 11 is 0. The Morgan fingerprint density at radius 2 is 1.38 bits per heavy atom. The van der Waals surface area contributed by atoms with Crippen molar-refractivity contribution in [3.05, 3.63) is 71.3 Å². The zero-order valence-corrected chi connectivity index (χ0v) is 13.2. The van der Waals surface area contributed by atoms with E-state index in [9.17, 15) is 0 Å². The first-order chi connectivity index (χ1) is 10.2. The molecule has 0 spiro atoms. The standard InChI is InChI=1S/C20H24O/c1-4-16-12-10-11-15-18(16)20(6-3)19(5-2,21-20)17-13-8-7-9-14-17/h7-15H,4-6H2,1-3H3. The molecule has 0 saturated carbocycles. The third-order valence-corrected chi connectivity index (χ3v) is 5.03. The highest BCUT2D eigenvalue weighted by Crippen LogP contribution is 2.66. The molecule has 1 fully saturated rings. The molecule has 0 aromatic heterocycles. The zero-order chi connectivity index (χ0) is 14.9. The topological polar surface area (TPSA) is 12.5 Å². The van der Waals surface area contributed by atoms with Crippen LogP contribution in [0.5, 0.6) is 0 Å². The van der Waals surface area contributed by atoms with Crippen LogP contribution in [0, 0.1) is 0 Å². The molecule has 1 aliphatic heterocycles.